The quantitative estimate of drug-likeness (QED) is 0.305. The molecule has 0 bridgehead atoms. The second kappa shape index (κ2) is 13.3. The highest BCUT2D eigenvalue weighted by Crippen LogP contribution is 2.30. The smallest absolute Gasteiger partial charge is 0.264 e. The zero-order valence-corrected chi connectivity index (χ0v) is 24.7. The predicted molar refractivity (Wildman–Crippen MR) is 157 cm³/mol. The van der Waals surface area contributed by atoms with Gasteiger partial charge >= 0.3 is 0 Å². The summed E-state index contributed by atoms with van der Waals surface area (Å²) in [5.41, 5.74) is 1.93. The van der Waals surface area contributed by atoms with Crippen LogP contribution in [0.25, 0.3) is 0 Å². The minimum absolute atomic E-state index is 0.00177. The maximum atomic E-state index is 14.0. The number of benzene rings is 3. The zero-order valence-electron chi connectivity index (χ0n) is 22.4. The average Bonchev–Trinajstić information content (AvgIpc) is 2.90. The third kappa shape index (κ3) is 7.75. The molecule has 0 spiro atoms. The molecule has 208 valence electrons. The van der Waals surface area contributed by atoms with Gasteiger partial charge in [0.15, 0.2) is 0 Å². The van der Waals surface area contributed by atoms with E-state index in [1.165, 1.54) is 35.2 Å². The van der Waals surface area contributed by atoms with Crippen LogP contribution in [0, 0.1) is 6.92 Å². The van der Waals surface area contributed by atoms with E-state index in [4.69, 9.17) is 23.2 Å². The molecule has 2 atom stereocenters. The van der Waals surface area contributed by atoms with Crippen molar-refractivity contribution in [3.8, 4) is 0 Å². The van der Waals surface area contributed by atoms with E-state index in [0.29, 0.717) is 0 Å². The Balaban J connectivity index is 2.06. The molecule has 0 aliphatic rings. The summed E-state index contributed by atoms with van der Waals surface area (Å²) in [6, 6.07) is 18.8. The van der Waals surface area contributed by atoms with Gasteiger partial charge in [-0.25, -0.2) is 8.42 Å². The molecule has 10 heteroatoms. The van der Waals surface area contributed by atoms with Crippen LogP contribution in [0.15, 0.2) is 77.7 Å². The number of sulfonamides is 1. The lowest BCUT2D eigenvalue weighted by Gasteiger charge is -2.33. The molecular weight excluding hydrogens is 557 g/mol. The summed E-state index contributed by atoms with van der Waals surface area (Å²) in [7, 11) is -4.20. The van der Waals surface area contributed by atoms with Crippen molar-refractivity contribution in [3.63, 3.8) is 0 Å². The second-order valence-corrected chi connectivity index (χ2v) is 12.1. The molecule has 2 amide bonds. The van der Waals surface area contributed by atoms with Crippen molar-refractivity contribution in [1.29, 1.82) is 0 Å². The normalized spacial score (nSPS) is 12.9. The molecule has 0 heterocycles. The minimum Gasteiger partial charge on any atom is -0.352 e. The fraction of sp³-hybridized carbons (Fsp3) is 0.310. The maximum Gasteiger partial charge on any atom is 0.264 e. The van der Waals surface area contributed by atoms with E-state index in [-0.39, 0.29) is 39.1 Å². The number of anilines is 1. The number of aryl methyl sites for hydroxylation is 1. The first kappa shape index (κ1) is 30.5. The molecule has 0 aromatic heterocycles. The number of halogens is 2. The van der Waals surface area contributed by atoms with Gasteiger partial charge < -0.3 is 10.2 Å². The van der Waals surface area contributed by atoms with Crippen molar-refractivity contribution in [3.05, 3.63) is 94.0 Å². The molecule has 3 aromatic rings. The Morgan fingerprint density at radius 1 is 0.923 bits per heavy atom. The Labute approximate surface area is 240 Å². The predicted octanol–water partition coefficient (Wildman–Crippen LogP) is 5.83. The Bertz CT molecular complexity index is 1400. The third-order valence-electron chi connectivity index (χ3n) is 6.52. The van der Waals surface area contributed by atoms with Gasteiger partial charge in [0.1, 0.15) is 12.6 Å². The highest BCUT2D eigenvalue weighted by Gasteiger charge is 2.33. The van der Waals surface area contributed by atoms with Gasteiger partial charge in [0.25, 0.3) is 10.0 Å². The molecule has 3 aromatic carbocycles. The monoisotopic (exact) mass is 589 g/mol. The van der Waals surface area contributed by atoms with Crippen LogP contribution in [0.5, 0.6) is 0 Å². The number of nitrogens with zero attached hydrogens (tertiary/aromatic N) is 2. The molecule has 0 fully saturated rings. The Morgan fingerprint density at radius 2 is 1.51 bits per heavy atom. The standard InChI is InChI=1S/C29H33Cl2N3O4S/c1-5-21(3)32-29(36)22(4)33(18-23-12-10-9-11-20(23)2)28(35)19-34(26-16-24(30)15-25(31)17-26)39(37,38)27-13-7-6-8-14-27/h6-17,21-22H,5,18-19H2,1-4H3,(H,32,36)/t21-,22-/m1/s1. The summed E-state index contributed by atoms with van der Waals surface area (Å²) in [5.74, 6) is -0.879. The molecule has 0 saturated heterocycles. The fourth-order valence-electron chi connectivity index (χ4n) is 3.95. The number of hydrogen-bond donors (Lipinski definition) is 1. The number of nitrogens with one attached hydrogen (secondary N) is 1. The highest BCUT2D eigenvalue weighted by atomic mass is 35.5. The summed E-state index contributed by atoms with van der Waals surface area (Å²) < 4.78 is 28.6. The van der Waals surface area contributed by atoms with Gasteiger partial charge in [0.05, 0.1) is 10.6 Å². The van der Waals surface area contributed by atoms with E-state index >= 15 is 0 Å². The van der Waals surface area contributed by atoms with Crippen LogP contribution in [0.1, 0.15) is 38.3 Å². The van der Waals surface area contributed by atoms with E-state index in [0.717, 1.165) is 21.9 Å². The lowest BCUT2D eigenvalue weighted by atomic mass is 10.1. The van der Waals surface area contributed by atoms with Gasteiger partial charge in [0, 0.05) is 22.6 Å². The van der Waals surface area contributed by atoms with Gasteiger partial charge in [0.2, 0.25) is 11.8 Å². The molecule has 0 radical (unpaired) electrons. The highest BCUT2D eigenvalue weighted by molar-refractivity contribution is 7.92. The van der Waals surface area contributed by atoms with Crippen LogP contribution in [0.2, 0.25) is 10.0 Å². The number of carbonyl (C=O) groups is 2. The molecule has 0 aliphatic heterocycles. The Hall–Kier alpha value is -3.07. The molecule has 0 aliphatic carbocycles. The van der Waals surface area contributed by atoms with Crippen LogP contribution in [-0.4, -0.2) is 43.8 Å². The van der Waals surface area contributed by atoms with Gasteiger partial charge in [-0.05, 0) is 68.7 Å². The van der Waals surface area contributed by atoms with Crippen molar-refractivity contribution in [2.75, 3.05) is 10.8 Å². The first-order valence-corrected chi connectivity index (χ1v) is 14.8. The van der Waals surface area contributed by atoms with Crippen molar-refractivity contribution in [2.45, 2.75) is 57.6 Å². The van der Waals surface area contributed by atoms with E-state index < -0.39 is 28.5 Å². The third-order valence-corrected chi connectivity index (χ3v) is 8.74. The van der Waals surface area contributed by atoms with Crippen molar-refractivity contribution < 1.29 is 18.0 Å². The first-order valence-electron chi connectivity index (χ1n) is 12.6. The van der Waals surface area contributed by atoms with Gasteiger partial charge in [-0.3, -0.25) is 13.9 Å². The van der Waals surface area contributed by atoms with Crippen molar-refractivity contribution in [1.82, 2.24) is 10.2 Å². The van der Waals surface area contributed by atoms with Gasteiger partial charge in [-0.2, -0.15) is 0 Å². The number of rotatable bonds is 11. The molecular formula is C29H33Cl2N3O4S. The second-order valence-electron chi connectivity index (χ2n) is 9.39. The van der Waals surface area contributed by atoms with Crippen LogP contribution in [-0.2, 0) is 26.2 Å². The summed E-state index contributed by atoms with van der Waals surface area (Å²) in [4.78, 5) is 28.5. The molecule has 0 saturated carbocycles. The molecule has 39 heavy (non-hydrogen) atoms. The average molecular weight is 591 g/mol. The molecule has 7 nitrogen and oxygen atoms in total. The van der Waals surface area contributed by atoms with Crippen LogP contribution in [0.3, 0.4) is 0 Å². The van der Waals surface area contributed by atoms with Crippen LogP contribution >= 0.6 is 23.2 Å². The molecule has 1 N–H and O–H groups in total. The SMILES string of the molecule is CC[C@@H](C)NC(=O)[C@@H](C)N(Cc1ccccc1C)C(=O)CN(c1cc(Cl)cc(Cl)c1)S(=O)(=O)c1ccccc1. The molecule has 0 unspecified atom stereocenters. The lowest BCUT2D eigenvalue weighted by molar-refractivity contribution is -0.139. The summed E-state index contributed by atoms with van der Waals surface area (Å²) in [5, 5.41) is 3.36. The fourth-order valence-corrected chi connectivity index (χ4v) is 5.88. The van der Waals surface area contributed by atoms with Crippen molar-refractivity contribution >= 4 is 50.7 Å². The topological polar surface area (TPSA) is 86.8 Å². The van der Waals surface area contributed by atoms with Gasteiger partial charge in [-0.15, -0.1) is 0 Å². The summed E-state index contributed by atoms with van der Waals surface area (Å²) >= 11 is 12.4. The van der Waals surface area contributed by atoms with Gasteiger partial charge in [-0.1, -0.05) is 72.6 Å². The van der Waals surface area contributed by atoms with Crippen LogP contribution in [0.4, 0.5) is 5.69 Å². The lowest BCUT2D eigenvalue weighted by Crippen LogP contribution is -2.52. The van der Waals surface area contributed by atoms with E-state index in [9.17, 15) is 18.0 Å². The number of amides is 2. The largest absolute Gasteiger partial charge is 0.352 e. The molecule has 3 rings (SSSR count). The zero-order chi connectivity index (χ0) is 28.7. The van der Waals surface area contributed by atoms with E-state index in [1.807, 2.05) is 45.0 Å². The maximum absolute atomic E-state index is 14.0. The number of carbonyl (C=O) groups excluding carboxylic acids is 2. The summed E-state index contributed by atoms with van der Waals surface area (Å²) in [6.45, 7) is 6.95. The Morgan fingerprint density at radius 3 is 2.10 bits per heavy atom. The minimum atomic E-state index is -4.20. The van der Waals surface area contributed by atoms with Crippen LogP contribution < -0.4 is 9.62 Å². The van der Waals surface area contributed by atoms with Crippen molar-refractivity contribution in [2.24, 2.45) is 0 Å². The summed E-state index contributed by atoms with van der Waals surface area (Å²) in [6.07, 6.45) is 0.725. The first-order chi connectivity index (χ1) is 18.4. The number of hydrogen-bond acceptors (Lipinski definition) is 4. The van der Waals surface area contributed by atoms with E-state index in [1.54, 1.807) is 25.1 Å². The van der Waals surface area contributed by atoms with E-state index in [2.05, 4.69) is 5.32 Å². The Kier molecular flexibility index (Phi) is 10.4.